The van der Waals surface area contributed by atoms with Crippen molar-refractivity contribution in [3.05, 3.63) is 88.1 Å². The van der Waals surface area contributed by atoms with Crippen LogP contribution in [0.15, 0.2) is 65.8 Å². The summed E-state index contributed by atoms with van der Waals surface area (Å²) in [6, 6.07) is 16.8. The Bertz CT molecular complexity index is 1740. The first-order valence-corrected chi connectivity index (χ1v) is 15.7. The van der Waals surface area contributed by atoms with Gasteiger partial charge in [-0.15, -0.1) is 0 Å². The van der Waals surface area contributed by atoms with Crippen LogP contribution >= 0.6 is 24.0 Å². The minimum Gasteiger partial charge on any atom is -0.492 e. The van der Waals surface area contributed by atoms with Gasteiger partial charge in [0.25, 0.3) is 5.91 Å². The number of fused-ring (bicyclic) bond motifs is 1. The molecule has 3 heterocycles. The zero-order valence-corrected chi connectivity index (χ0v) is 25.9. The van der Waals surface area contributed by atoms with E-state index in [9.17, 15) is 9.59 Å². The van der Waals surface area contributed by atoms with Crippen molar-refractivity contribution >= 4 is 57.3 Å². The van der Waals surface area contributed by atoms with E-state index >= 15 is 0 Å². The quantitative estimate of drug-likeness (QED) is 0.177. The topological polar surface area (TPSA) is 108 Å². The lowest BCUT2D eigenvalue weighted by atomic mass is 9.99. The maximum atomic E-state index is 13.4. The number of aromatic amines is 1. The number of hydrogen-bond acceptors (Lipinski definition) is 8. The van der Waals surface area contributed by atoms with Crippen molar-refractivity contribution in [3.63, 3.8) is 0 Å². The molecule has 0 radical (unpaired) electrons. The molecule has 6 rings (SSSR count). The Morgan fingerprint density at radius 3 is 2.70 bits per heavy atom. The van der Waals surface area contributed by atoms with Gasteiger partial charge in [-0.25, -0.2) is 9.78 Å². The van der Waals surface area contributed by atoms with Gasteiger partial charge in [0.2, 0.25) is 0 Å². The number of imidazole rings is 1. The lowest BCUT2D eigenvalue weighted by Gasteiger charge is -2.26. The molecule has 2 saturated heterocycles. The van der Waals surface area contributed by atoms with Crippen molar-refractivity contribution in [3.8, 4) is 16.9 Å². The number of carbonyl (C=O) groups excluding carboxylic acids is 1. The number of ether oxygens (including phenoxy) is 2. The molecule has 0 saturated carbocycles. The van der Waals surface area contributed by atoms with Crippen molar-refractivity contribution in [2.75, 3.05) is 46.0 Å². The summed E-state index contributed by atoms with van der Waals surface area (Å²) < 4.78 is 12.3. The van der Waals surface area contributed by atoms with Gasteiger partial charge >= 0.3 is 5.97 Å². The Kier molecular flexibility index (Phi) is 9.08. The highest BCUT2D eigenvalue weighted by Crippen LogP contribution is 2.37. The second kappa shape index (κ2) is 13.3. The summed E-state index contributed by atoms with van der Waals surface area (Å²) in [5.41, 5.74) is 6.90. The van der Waals surface area contributed by atoms with Gasteiger partial charge in [0.1, 0.15) is 16.7 Å². The molecule has 2 aliphatic heterocycles. The maximum absolute atomic E-state index is 13.4. The van der Waals surface area contributed by atoms with Crippen molar-refractivity contribution in [2.45, 2.75) is 13.3 Å². The molecular formula is C33H32N4O5S2. The number of hydrogen-bond donors (Lipinski definition) is 2. The highest BCUT2D eigenvalue weighted by molar-refractivity contribution is 8.26. The number of benzene rings is 3. The number of H-pyrrole nitrogens is 1. The van der Waals surface area contributed by atoms with Gasteiger partial charge in [-0.05, 0) is 78.1 Å². The Morgan fingerprint density at radius 2 is 1.93 bits per heavy atom. The molecule has 0 atom stereocenters. The van der Waals surface area contributed by atoms with Crippen LogP contribution in [0.3, 0.4) is 0 Å². The zero-order chi connectivity index (χ0) is 30.6. The third-order valence-corrected chi connectivity index (χ3v) is 9.17. The number of nitrogens with zero attached hydrogens (tertiary/aromatic N) is 3. The SMILES string of the molecule is Cc1cc(-c2cc(C=C3SC(=S)N(CCc4ccc(C(=O)O)cc4)C3=O)ccc2OCCN2CCOCC2)cc2[nH]cnc12. The number of aromatic carboxylic acids is 1. The van der Waals surface area contributed by atoms with Crippen molar-refractivity contribution in [2.24, 2.45) is 0 Å². The molecule has 4 aromatic rings. The normalized spacial score (nSPS) is 16.8. The van der Waals surface area contributed by atoms with Crippen LogP contribution in [0.4, 0.5) is 0 Å². The summed E-state index contributed by atoms with van der Waals surface area (Å²) >= 11 is 6.86. The van der Waals surface area contributed by atoms with Crippen LogP contribution in [0, 0.1) is 6.92 Å². The van der Waals surface area contributed by atoms with E-state index in [1.54, 1.807) is 35.5 Å². The first kappa shape index (κ1) is 30.0. The summed E-state index contributed by atoms with van der Waals surface area (Å²) in [7, 11) is 0. The molecule has 2 fully saturated rings. The van der Waals surface area contributed by atoms with Gasteiger partial charge in [-0.2, -0.15) is 0 Å². The van der Waals surface area contributed by atoms with Gasteiger partial charge in [0, 0.05) is 31.7 Å². The Hall–Kier alpha value is -4.03. The number of thiocarbonyl (C=S) groups is 1. The van der Waals surface area contributed by atoms with Gasteiger partial charge in [-0.3, -0.25) is 14.6 Å². The average Bonchev–Trinajstić information content (AvgIpc) is 3.61. The number of amides is 1. The fourth-order valence-corrected chi connectivity index (χ4v) is 6.69. The first-order valence-electron chi connectivity index (χ1n) is 14.4. The van der Waals surface area contributed by atoms with Crippen LogP contribution in [0.25, 0.3) is 28.2 Å². The standard InChI is InChI=1S/C33H32N4O5S2/c1-21-16-25(19-27-30(21)35-20-34-27)26-17-23(4-7-28(26)42-15-12-36-10-13-41-14-11-36)18-29-31(38)37(33(43)44-29)9-8-22-2-5-24(6-3-22)32(39)40/h2-7,16-20H,8-15H2,1H3,(H,34,35)(H,39,40). The highest BCUT2D eigenvalue weighted by atomic mass is 32.2. The molecule has 0 bridgehead atoms. The van der Waals surface area contributed by atoms with Gasteiger partial charge in [0.15, 0.2) is 0 Å². The summed E-state index contributed by atoms with van der Waals surface area (Å²) in [6.07, 6.45) is 4.14. The molecule has 1 aromatic heterocycles. The number of thioether (sulfide) groups is 1. The predicted octanol–water partition coefficient (Wildman–Crippen LogP) is 5.39. The minimum atomic E-state index is -0.966. The third-order valence-electron chi connectivity index (χ3n) is 7.79. The van der Waals surface area contributed by atoms with Crippen LogP contribution < -0.4 is 4.74 Å². The van der Waals surface area contributed by atoms with E-state index in [4.69, 9.17) is 26.8 Å². The first-order chi connectivity index (χ1) is 21.4. The van der Waals surface area contributed by atoms with E-state index in [0.29, 0.717) is 28.8 Å². The second-order valence-corrected chi connectivity index (χ2v) is 12.4. The van der Waals surface area contributed by atoms with Gasteiger partial charge < -0.3 is 19.6 Å². The monoisotopic (exact) mass is 628 g/mol. The van der Waals surface area contributed by atoms with Crippen LogP contribution in [-0.4, -0.2) is 87.1 Å². The lowest BCUT2D eigenvalue weighted by molar-refractivity contribution is -0.122. The molecule has 0 unspecified atom stereocenters. The van der Waals surface area contributed by atoms with E-state index in [0.717, 1.165) is 77.4 Å². The van der Waals surface area contributed by atoms with E-state index < -0.39 is 5.97 Å². The number of aryl methyl sites for hydroxylation is 1. The minimum absolute atomic E-state index is 0.135. The molecule has 2 N–H and O–H groups in total. The maximum Gasteiger partial charge on any atom is 0.335 e. The van der Waals surface area contributed by atoms with Crippen molar-refractivity contribution in [1.29, 1.82) is 0 Å². The fraction of sp³-hybridized carbons (Fsp3) is 0.273. The smallest absolute Gasteiger partial charge is 0.335 e. The molecule has 0 aliphatic carbocycles. The summed E-state index contributed by atoms with van der Waals surface area (Å²) in [4.78, 5) is 36.7. The molecule has 11 heteroatoms. The molecule has 1 amide bonds. The van der Waals surface area contributed by atoms with E-state index in [1.807, 2.05) is 25.1 Å². The summed E-state index contributed by atoms with van der Waals surface area (Å²) in [5.74, 6) is -0.328. The van der Waals surface area contributed by atoms with Crippen molar-refractivity contribution < 1.29 is 24.2 Å². The average molecular weight is 629 g/mol. The summed E-state index contributed by atoms with van der Waals surface area (Å²) in [5, 5.41) is 9.13. The molecule has 0 spiro atoms. The lowest BCUT2D eigenvalue weighted by Crippen LogP contribution is -2.38. The van der Waals surface area contributed by atoms with E-state index in [-0.39, 0.29) is 11.5 Å². The molecule has 44 heavy (non-hydrogen) atoms. The van der Waals surface area contributed by atoms with E-state index in [2.05, 4.69) is 33.1 Å². The van der Waals surface area contributed by atoms with Crippen LogP contribution in [-0.2, 0) is 16.0 Å². The predicted molar refractivity (Wildman–Crippen MR) is 176 cm³/mol. The summed E-state index contributed by atoms with van der Waals surface area (Å²) in [6.45, 7) is 7.12. The number of carboxylic acid groups (broad SMARTS) is 1. The number of aromatic nitrogens is 2. The largest absolute Gasteiger partial charge is 0.492 e. The second-order valence-electron chi connectivity index (χ2n) is 10.7. The number of carboxylic acids is 1. The highest BCUT2D eigenvalue weighted by Gasteiger charge is 2.31. The third kappa shape index (κ3) is 6.71. The molecule has 226 valence electrons. The van der Waals surface area contributed by atoms with Crippen molar-refractivity contribution in [1.82, 2.24) is 19.8 Å². The zero-order valence-electron chi connectivity index (χ0n) is 24.2. The Labute approximate surface area is 264 Å². The fourth-order valence-electron chi connectivity index (χ4n) is 5.38. The van der Waals surface area contributed by atoms with Crippen LogP contribution in [0.2, 0.25) is 0 Å². The molecular weight excluding hydrogens is 597 g/mol. The Morgan fingerprint density at radius 1 is 1.14 bits per heavy atom. The van der Waals surface area contributed by atoms with Gasteiger partial charge in [0.05, 0.1) is 41.0 Å². The van der Waals surface area contributed by atoms with Crippen LogP contribution in [0.1, 0.15) is 27.0 Å². The molecule has 2 aliphatic rings. The number of carbonyl (C=O) groups is 2. The van der Waals surface area contributed by atoms with Gasteiger partial charge in [-0.1, -0.05) is 42.2 Å². The molecule has 9 nitrogen and oxygen atoms in total. The Balaban J connectivity index is 1.22. The van der Waals surface area contributed by atoms with E-state index in [1.165, 1.54) is 11.8 Å². The number of nitrogens with one attached hydrogen (secondary N) is 1. The molecule has 3 aromatic carbocycles. The van der Waals surface area contributed by atoms with Crippen LogP contribution in [0.5, 0.6) is 5.75 Å². The number of rotatable bonds is 10. The number of morpholine rings is 1.